The van der Waals surface area contributed by atoms with Crippen molar-refractivity contribution < 1.29 is 9.53 Å². The van der Waals surface area contributed by atoms with Crippen LogP contribution in [-0.2, 0) is 4.79 Å². The summed E-state index contributed by atoms with van der Waals surface area (Å²) in [5.74, 6) is 0.891. The second kappa shape index (κ2) is 6.95. The Morgan fingerprint density at radius 1 is 1.35 bits per heavy atom. The fourth-order valence-corrected chi connectivity index (χ4v) is 2.52. The lowest BCUT2D eigenvalue weighted by atomic mass is 10.3. The van der Waals surface area contributed by atoms with Crippen molar-refractivity contribution in [2.45, 2.75) is 0 Å². The maximum absolute atomic E-state index is 12.1. The molecule has 0 unspecified atom stereocenters. The summed E-state index contributed by atoms with van der Waals surface area (Å²) < 4.78 is 6.13. The highest BCUT2D eigenvalue weighted by molar-refractivity contribution is 9.10. The van der Waals surface area contributed by atoms with Crippen molar-refractivity contribution in [2.24, 2.45) is 0 Å². The molecule has 1 aromatic rings. The van der Waals surface area contributed by atoms with Crippen LogP contribution in [0.2, 0.25) is 0 Å². The molecule has 1 fully saturated rings. The summed E-state index contributed by atoms with van der Waals surface area (Å²) in [6.45, 7) is 3.81. The van der Waals surface area contributed by atoms with Crippen molar-refractivity contribution >= 4 is 27.5 Å². The molecule has 5 nitrogen and oxygen atoms in total. The number of nitrogens with one attached hydrogen (secondary N) is 1. The monoisotopic (exact) mass is 341 g/mol. The van der Waals surface area contributed by atoms with E-state index in [1.165, 1.54) is 0 Å². The van der Waals surface area contributed by atoms with Crippen LogP contribution in [0.5, 0.6) is 5.75 Å². The van der Waals surface area contributed by atoms with Gasteiger partial charge in [0.2, 0.25) is 5.91 Å². The van der Waals surface area contributed by atoms with Gasteiger partial charge in [0, 0.05) is 37.9 Å². The van der Waals surface area contributed by atoms with Crippen LogP contribution in [0.3, 0.4) is 0 Å². The zero-order valence-electron chi connectivity index (χ0n) is 11.9. The van der Waals surface area contributed by atoms with E-state index in [0.717, 1.165) is 42.1 Å². The number of anilines is 1. The van der Waals surface area contributed by atoms with E-state index in [1.807, 2.05) is 23.1 Å². The number of rotatable bonds is 4. The van der Waals surface area contributed by atoms with Gasteiger partial charge < -0.3 is 19.9 Å². The van der Waals surface area contributed by atoms with Gasteiger partial charge in [-0.1, -0.05) is 0 Å². The maximum Gasteiger partial charge on any atom is 0.241 e. The Morgan fingerprint density at radius 3 is 2.70 bits per heavy atom. The Balaban J connectivity index is 1.87. The molecule has 1 saturated heterocycles. The Kier molecular flexibility index (Phi) is 5.25. The van der Waals surface area contributed by atoms with Gasteiger partial charge in [-0.05, 0) is 35.1 Å². The first kappa shape index (κ1) is 15.1. The highest BCUT2D eigenvalue weighted by atomic mass is 79.9. The first-order valence-corrected chi connectivity index (χ1v) is 7.43. The molecule has 1 heterocycles. The number of ether oxygens (including phenoxy) is 1. The minimum atomic E-state index is 0.139. The number of nitrogens with zero attached hydrogens (tertiary/aromatic N) is 2. The van der Waals surface area contributed by atoms with Crippen LogP contribution in [0.1, 0.15) is 0 Å². The van der Waals surface area contributed by atoms with Gasteiger partial charge in [0.15, 0.2) is 0 Å². The van der Waals surface area contributed by atoms with Crippen LogP contribution in [0.25, 0.3) is 0 Å². The third-order valence-electron chi connectivity index (χ3n) is 3.45. The molecule has 0 bridgehead atoms. The average molecular weight is 342 g/mol. The van der Waals surface area contributed by atoms with E-state index in [2.05, 4.69) is 33.2 Å². The molecule has 20 heavy (non-hydrogen) atoms. The summed E-state index contributed by atoms with van der Waals surface area (Å²) in [5, 5.41) is 3.15. The van der Waals surface area contributed by atoms with E-state index in [-0.39, 0.29) is 5.91 Å². The van der Waals surface area contributed by atoms with Crippen LogP contribution in [0.4, 0.5) is 5.69 Å². The Labute approximate surface area is 128 Å². The molecule has 6 heteroatoms. The average Bonchev–Trinajstić information content (AvgIpc) is 2.46. The number of benzene rings is 1. The third-order valence-corrected chi connectivity index (χ3v) is 4.11. The molecule has 0 spiro atoms. The molecular formula is C14H20BrN3O2. The predicted octanol–water partition coefficient (Wildman–Crippen LogP) is 1.64. The number of likely N-dealkylation sites (N-methyl/N-ethyl adjacent to an activating group) is 1. The summed E-state index contributed by atoms with van der Waals surface area (Å²) in [7, 11) is 3.70. The SMILES string of the molecule is COc1cc(NCC(=O)N2CCN(C)CC2)ccc1Br. The molecule has 1 aliphatic rings. The molecule has 1 N–H and O–H groups in total. The van der Waals surface area contributed by atoms with Crippen molar-refractivity contribution in [1.29, 1.82) is 0 Å². The maximum atomic E-state index is 12.1. The van der Waals surface area contributed by atoms with E-state index in [0.29, 0.717) is 6.54 Å². The Hall–Kier alpha value is -1.27. The van der Waals surface area contributed by atoms with Gasteiger partial charge in [0.25, 0.3) is 0 Å². The second-order valence-electron chi connectivity index (χ2n) is 4.89. The predicted molar refractivity (Wildman–Crippen MR) is 83.3 cm³/mol. The number of hydrogen-bond donors (Lipinski definition) is 1. The van der Waals surface area contributed by atoms with Crippen LogP contribution in [0, 0.1) is 0 Å². The number of halogens is 1. The molecule has 0 atom stereocenters. The van der Waals surface area contributed by atoms with E-state index in [4.69, 9.17) is 4.74 Å². The van der Waals surface area contributed by atoms with Gasteiger partial charge >= 0.3 is 0 Å². The quantitative estimate of drug-likeness (QED) is 0.904. The van der Waals surface area contributed by atoms with E-state index < -0.39 is 0 Å². The lowest BCUT2D eigenvalue weighted by molar-refractivity contribution is -0.130. The topological polar surface area (TPSA) is 44.8 Å². The summed E-state index contributed by atoms with van der Waals surface area (Å²) >= 11 is 3.41. The molecule has 0 aromatic heterocycles. The van der Waals surface area contributed by atoms with Crippen LogP contribution < -0.4 is 10.1 Å². The summed E-state index contributed by atoms with van der Waals surface area (Å²) in [6, 6.07) is 5.70. The van der Waals surface area contributed by atoms with Gasteiger partial charge in [-0.2, -0.15) is 0 Å². The number of piperazine rings is 1. The fourth-order valence-electron chi connectivity index (χ4n) is 2.12. The van der Waals surface area contributed by atoms with Gasteiger partial charge in [0.05, 0.1) is 18.1 Å². The molecule has 110 valence electrons. The van der Waals surface area contributed by atoms with Crippen molar-refractivity contribution in [3.05, 3.63) is 22.7 Å². The van der Waals surface area contributed by atoms with Gasteiger partial charge in [-0.25, -0.2) is 0 Å². The van der Waals surface area contributed by atoms with Crippen LogP contribution in [0.15, 0.2) is 22.7 Å². The number of hydrogen-bond acceptors (Lipinski definition) is 4. The molecule has 0 aliphatic carbocycles. The van der Waals surface area contributed by atoms with Crippen LogP contribution in [-0.4, -0.2) is 62.6 Å². The standard InChI is InChI=1S/C14H20BrN3O2/c1-17-5-7-18(8-6-17)14(19)10-16-11-3-4-12(15)13(9-11)20-2/h3-4,9,16H,5-8,10H2,1-2H3. The number of carbonyl (C=O) groups excluding carboxylic acids is 1. The van der Waals surface area contributed by atoms with Gasteiger partial charge in [-0.15, -0.1) is 0 Å². The largest absolute Gasteiger partial charge is 0.495 e. The minimum Gasteiger partial charge on any atom is -0.495 e. The Bertz CT molecular complexity index is 473. The second-order valence-corrected chi connectivity index (χ2v) is 5.74. The smallest absolute Gasteiger partial charge is 0.241 e. The first-order chi connectivity index (χ1) is 9.60. The summed E-state index contributed by atoms with van der Waals surface area (Å²) in [4.78, 5) is 16.2. The van der Waals surface area contributed by atoms with Crippen molar-refractivity contribution in [3.8, 4) is 5.75 Å². The van der Waals surface area contributed by atoms with Crippen molar-refractivity contribution in [2.75, 3.05) is 52.2 Å². The van der Waals surface area contributed by atoms with E-state index in [9.17, 15) is 4.79 Å². The van der Waals surface area contributed by atoms with Crippen molar-refractivity contribution in [1.82, 2.24) is 9.80 Å². The summed E-state index contributed by atoms with van der Waals surface area (Å²) in [5.41, 5.74) is 0.882. The molecule has 1 aliphatic heterocycles. The van der Waals surface area contributed by atoms with Gasteiger partial charge in [0.1, 0.15) is 5.75 Å². The summed E-state index contributed by atoms with van der Waals surface area (Å²) in [6.07, 6.45) is 0. The van der Waals surface area contributed by atoms with E-state index >= 15 is 0 Å². The molecule has 0 saturated carbocycles. The van der Waals surface area contributed by atoms with Gasteiger partial charge in [-0.3, -0.25) is 4.79 Å². The third kappa shape index (κ3) is 3.86. The lowest BCUT2D eigenvalue weighted by Crippen LogP contribution is -2.48. The van der Waals surface area contributed by atoms with E-state index in [1.54, 1.807) is 7.11 Å². The lowest BCUT2D eigenvalue weighted by Gasteiger charge is -2.32. The molecule has 2 rings (SSSR count). The fraction of sp³-hybridized carbons (Fsp3) is 0.500. The molecule has 1 amide bonds. The zero-order chi connectivity index (χ0) is 14.5. The first-order valence-electron chi connectivity index (χ1n) is 6.64. The minimum absolute atomic E-state index is 0.139. The highest BCUT2D eigenvalue weighted by Crippen LogP contribution is 2.27. The molecule has 0 radical (unpaired) electrons. The number of methoxy groups -OCH3 is 1. The zero-order valence-corrected chi connectivity index (χ0v) is 13.4. The highest BCUT2D eigenvalue weighted by Gasteiger charge is 2.18. The Morgan fingerprint density at radius 2 is 2.05 bits per heavy atom. The number of amides is 1. The molecule has 1 aromatic carbocycles. The number of carbonyl (C=O) groups is 1. The van der Waals surface area contributed by atoms with Crippen LogP contribution >= 0.6 is 15.9 Å². The normalized spacial score (nSPS) is 16.1. The molecular weight excluding hydrogens is 322 g/mol. The van der Waals surface area contributed by atoms with Crippen molar-refractivity contribution in [3.63, 3.8) is 0 Å².